The molecule has 2 aromatic rings. The summed E-state index contributed by atoms with van der Waals surface area (Å²) in [5.41, 5.74) is -2.03. The smallest absolute Gasteiger partial charge is 0.382 e. The number of nitrogens with one attached hydrogen (secondary N) is 1. The van der Waals surface area contributed by atoms with E-state index in [1.54, 1.807) is 10.8 Å². The minimum atomic E-state index is -4.79. The van der Waals surface area contributed by atoms with Crippen LogP contribution in [0.25, 0.3) is 11.3 Å². The van der Waals surface area contributed by atoms with E-state index in [1.165, 1.54) is 6.07 Å². The van der Waals surface area contributed by atoms with Crippen LogP contribution in [0.2, 0.25) is 0 Å². The monoisotopic (exact) mass is 400 g/mol. The largest absolute Gasteiger partial charge is 0.419 e. The number of halogens is 4. The SMILES string of the molecule is CN(C)CCn1cc(-c2ccc(F)c(C(F)(F)F)c2)nc1C1(O)CCNCC1. The Morgan fingerprint density at radius 2 is 1.93 bits per heavy atom. The van der Waals surface area contributed by atoms with Crippen molar-refractivity contribution in [2.45, 2.75) is 31.2 Å². The van der Waals surface area contributed by atoms with E-state index in [4.69, 9.17) is 0 Å². The first kappa shape index (κ1) is 20.8. The topological polar surface area (TPSA) is 53.3 Å². The van der Waals surface area contributed by atoms with E-state index in [0.29, 0.717) is 44.8 Å². The van der Waals surface area contributed by atoms with Gasteiger partial charge in [0.1, 0.15) is 17.2 Å². The number of rotatable bonds is 5. The third kappa shape index (κ3) is 4.37. The van der Waals surface area contributed by atoms with Gasteiger partial charge >= 0.3 is 6.18 Å². The fourth-order valence-corrected chi connectivity index (χ4v) is 3.37. The summed E-state index contributed by atoms with van der Waals surface area (Å²) in [7, 11) is 3.82. The van der Waals surface area contributed by atoms with Crippen molar-refractivity contribution in [3.8, 4) is 11.3 Å². The molecule has 3 rings (SSSR count). The minimum absolute atomic E-state index is 0.163. The van der Waals surface area contributed by atoms with Crippen molar-refractivity contribution in [3.63, 3.8) is 0 Å². The van der Waals surface area contributed by atoms with E-state index in [0.717, 1.165) is 12.1 Å². The second-order valence-corrected chi connectivity index (χ2v) is 7.42. The summed E-state index contributed by atoms with van der Waals surface area (Å²) in [6, 6.07) is 2.85. The number of piperidine rings is 1. The first-order valence-electron chi connectivity index (χ1n) is 9.13. The van der Waals surface area contributed by atoms with Crippen LogP contribution in [-0.2, 0) is 18.3 Å². The molecule has 1 aliphatic rings. The van der Waals surface area contributed by atoms with Crippen LogP contribution in [0.5, 0.6) is 0 Å². The lowest BCUT2D eigenvalue weighted by molar-refractivity contribution is -0.139. The van der Waals surface area contributed by atoms with Crippen LogP contribution >= 0.6 is 0 Å². The molecule has 0 bridgehead atoms. The van der Waals surface area contributed by atoms with Gasteiger partial charge in [0.2, 0.25) is 0 Å². The minimum Gasteiger partial charge on any atom is -0.382 e. The molecule has 5 nitrogen and oxygen atoms in total. The fraction of sp³-hybridized carbons (Fsp3) is 0.526. The Morgan fingerprint density at radius 1 is 1.25 bits per heavy atom. The highest BCUT2D eigenvalue weighted by Crippen LogP contribution is 2.36. The first-order valence-corrected chi connectivity index (χ1v) is 9.13. The Kier molecular flexibility index (Phi) is 5.79. The number of benzene rings is 1. The summed E-state index contributed by atoms with van der Waals surface area (Å²) in [6.07, 6.45) is -2.23. The molecule has 2 heterocycles. The second kappa shape index (κ2) is 7.81. The van der Waals surface area contributed by atoms with Crippen molar-refractivity contribution in [2.24, 2.45) is 0 Å². The molecule has 0 saturated carbocycles. The van der Waals surface area contributed by atoms with Gasteiger partial charge in [-0.3, -0.25) is 0 Å². The van der Waals surface area contributed by atoms with Gasteiger partial charge in [-0.25, -0.2) is 9.37 Å². The van der Waals surface area contributed by atoms with Crippen LogP contribution in [0.15, 0.2) is 24.4 Å². The lowest BCUT2D eigenvalue weighted by Crippen LogP contribution is -2.41. The summed E-state index contributed by atoms with van der Waals surface area (Å²) >= 11 is 0. The van der Waals surface area contributed by atoms with Crippen molar-refractivity contribution in [3.05, 3.63) is 41.6 Å². The lowest BCUT2D eigenvalue weighted by atomic mass is 9.91. The predicted octanol–water partition coefficient (Wildman–Crippen LogP) is 2.84. The maximum absolute atomic E-state index is 13.6. The molecule has 1 saturated heterocycles. The van der Waals surface area contributed by atoms with E-state index in [9.17, 15) is 22.7 Å². The van der Waals surface area contributed by atoms with Gasteiger partial charge in [-0.2, -0.15) is 13.2 Å². The average molecular weight is 400 g/mol. The Labute approximate surface area is 161 Å². The summed E-state index contributed by atoms with van der Waals surface area (Å²) in [5, 5.41) is 14.3. The number of aromatic nitrogens is 2. The van der Waals surface area contributed by atoms with Gasteiger partial charge in [0.15, 0.2) is 0 Å². The molecule has 0 atom stereocenters. The van der Waals surface area contributed by atoms with Gasteiger partial charge in [-0.15, -0.1) is 0 Å². The van der Waals surface area contributed by atoms with Crippen LogP contribution in [-0.4, -0.2) is 53.3 Å². The molecular formula is C19H24F4N4O. The molecule has 1 aliphatic heterocycles. The molecule has 9 heteroatoms. The van der Waals surface area contributed by atoms with Crippen LogP contribution in [0.3, 0.4) is 0 Å². The third-order valence-corrected chi connectivity index (χ3v) is 4.98. The molecule has 1 fully saturated rings. The van der Waals surface area contributed by atoms with Gasteiger partial charge in [0, 0.05) is 24.8 Å². The number of hydrogen-bond acceptors (Lipinski definition) is 4. The molecule has 28 heavy (non-hydrogen) atoms. The second-order valence-electron chi connectivity index (χ2n) is 7.42. The van der Waals surface area contributed by atoms with Crippen molar-refractivity contribution in [2.75, 3.05) is 33.7 Å². The zero-order valence-electron chi connectivity index (χ0n) is 15.9. The van der Waals surface area contributed by atoms with Gasteiger partial charge in [-0.1, -0.05) is 0 Å². The third-order valence-electron chi connectivity index (χ3n) is 4.98. The molecule has 154 valence electrons. The Hall–Kier alpha value is -1.97. The zero-order valence-corrected chi connectivity index (χ0v) is 15.9. The highest BCUT2D eigenvalue weighted by atomic mass is 19.4. The van der Waals surface area contributed by atoms with Gasteiger partial charge < -0.3 is 19.9 Å². The van der Waals surface area contributed by atoms with E-state index in [-0.39, 0.29) is 11.3 Å². The maximum atomic E-state index is 13.6. The number of aliphatic hydroxyl groups is 1. The van der Waals surface area contributed by atoms with Gasteiger partial charge in [-0.05, 0) is 58.2 Å². The van der Waals surface area contributed by atoms with Crippen LogP contribution in [0, 0.1) is 5.82 Å². The summed E-state index contributed by atoms with van der Waals surface area (Å²) in [4.78, 5) is 6.45. The Morgan fingerprint density at radius 3 is 2.54 bits per heavy atom. The molecule has 1 aromatic heterocycles. The number of alkyl halides is 3. The van der Waals surface area contributed by atoms with Crippen LogP contribution < -0.4 is 5.32 Å². The average Bonchev–Trinajstić information content (AvgIpc) is 3.05. The van der Waals surface area contributed by atoms with Gasteiger partial charge in [0.25, 0.3) is 0 Å². The predicted molar refractivity (Wildman–Crippen MR) is 97.2 cm³/mol. The lowest BCUT2D eigenvalue weighted by Gasteiger charge is -2.32. The summed E-state index contributed by atoms with van der Waals surface area (Å²) < 4.78 is 54.6. The van der Waals surface area contributed by atoms with E-state index in [2.05, 4.69) is 10.3 Å². The van der Waals surface area contributed by atoms with Crippen molar-refractivity contribution < 1.29 is 22.7 Å². The highest BCUT2D eigenvalue weighted by Gasteiger charge is 2.37. The molecule has 0 radical (unpaired) electrons. The van der Waals surface area contributed by atoms with Crippen LogP contribution in [0.1, 0.15) is 24.2 Å². The van der Waals surface area contributed by atoms with E-state index >= 15 is 0 Å². The molecular weight excluding hydrogens is 376 g/mol. The molecule has 0 amide bonds. The number of imidazole rings is 1. The van der Waals surface area contributed by atoms with Crippen LogP contribution in [0.4, 0.5) is 17.6 Å². The summed E-state index contributed by atoms with van der Waals surface area (Å²) in [5.74, 6) is -0.885. The summed E-state index contributed by atoms with van der Waals surface area (Å²) in [6.45, 7) is 2.45. The number of likely N-dealkylation sites (N-methyl/N-ethyl adjacent to an activating group) is 1. The number of hydrogen-bond donors (Lipinski definition) is 2. The Bertz CT molecular complexity index is 826. The van der Waals surface area contributed by atoms with E-state index < -0.39 is 23.2 Å². The first-order chi connectivity index (χ1) is 13.1. The Balaban J connectivity index is 2.04. The quantitative estimate of drug-likeness (QED) is 0.758. The van der Waals surface area contributed by atoms with Crippen molar-refractivity contribution in [1.29, 1.82) is 0 Å². The molecule has 0 aliphatic carbocycles. The molecule has 0 spiro atoms. The van der Waals surface area contributed by atoms with Crippen molar-refractivity contribution in [1.82, 2.24) is 19.8 Å². The number of nitrogens with zero attached hydrogens (tertiary/aromatic N) is 3. The maximum Gasteiger partial charge on any atom is 0.419 e. The van der Waals surface area contributed by atoms with Crippen molar-refractivity contribution >= 4 is 0 Å². The normalized spacial score (nSPS) is 17.3. The highest BCUT2D eigenvalue weighted by molar-refractivity contribution is 5.60. The van der Waals surface area contributed by atoms with E-state index in [1.807, 2.05) is 19.0 Å². The fourth-order valence-electron chi connectivity index (χ4n) is 3.37. The standard InChI is InChI=1S/C19H24F4N4O/c1-26(2)9-10-27-12-16(25-17(27)18(28)5-7-24-8-6-18)13-3-4-15(20)14(11-13)19(21,22)23/h3-4,11-12,24,28H,5-10H2,1-2H3. The molecule has 2 N–H and O–H groups in total. The zero-order chi connectivity index (χ0) is 20.5. The van der Waals surface area contributed by atoms with Gasteiger partial charge in [0.05, 0.1) is 11.3 Å². The molecule has 1 aromatic carbocycles. The molecule has 0 unspecified atom stereocenters.